The summed E-state index contributed by atoms with van der Waals surface area (Å²) in [6.07, 6.45) is 0.567. The van der Waals surface area contributed by atoms with Crippen molar-refractivity contribution in [1.29, 1.82) is 0 Å². The van der Waals surface area contributed by atoms with Crippen LogP contribution in [0.1, 0.15) is 24.5 Å². The molecule has 0 aliphatic carbocycles. The number of nitrogens with zero attached hydrogens (tertiary/aromatic N) is 2. The van der Waals surface area contributed by atoms with E-state index >= 15 is 0 Å². The first kappa shape index (κ1) is 24.7. The number of sulfonamides is 1. The zero-order chi connectivity index (χ0) is 26.3. The number of Topliss-reactive ketones (excluding diaryl/α,β-unsaturated/α-hetero) is 1. The van der Waals surface area contributed by atoms with Crippen molar-refractivity contribution in [3.8, 4) is 11.1 Å². The first-order valence-corrected chi connectivity index (χ1v) is 13.4. The Balaban J connectivity index is 1.40. The maximum Gasteiger partial charge on any atom is 0.247 e. The van der Waals surface area contributed by atoms with Gasteiger partial charge in [0.05, 0.1) is 11.4 Å². The number of primary sulfonamides is 1. The number of aliphatic imine (C=N–C) groups is 1. The molecule has 37 heavy (non-hydrogen) atoms. The molecule has 2 atom stereocenters. The molecule has 0 radical (unpaired) electrons. The quantitative estimate of drug-likeness (QED) is 0.458. The molecule has 1 amide bonds. The summed E-state index contributed by atoms with van der Waals surface area (Å²) in [7, 11) is -3.90. The number of ketones is 1. The van der Waals surface area contributed by atoms with Gasteiger partial charge in [0, 0.05) is 35.0 Å². The van der Waals surface area contributed by atoms with Gasteiger partial charge in [-0.25, -0.2) is 13.6 Å². The molecule has 1 fully saturated rings. The average molecular weight is 518 g/mol. The van der Waals surface area contributed by atoms with Crippen molar-refractivity contribution in [2.75, 3.05) is 16.8 Å². The van der Waals surface area contributed by atoms with Crippen molar-refractivity contribution < 1.29 is 18.0 Å². The Morgan fingerprint density at radius 1 is 1.03 bits per heavy atom. The molecule has 2 aliphatic heterocycles. The largest absolute Gasteiger partial charge is 0.383 e. The van der Waals surface area contributed by atoms with Gasteiger partial charge in [-0.3, -0.25) is 14.6 Å². The van der Waals surface area contributed by atoms with Crippen molar-refractivity contribution in [3.63, 3.8) is 0 Å². The van der Waals surface area contributed by atoms with Crippen molar-refractivity contribution in [3.05, 3.63) is 77.9 Å². The summed E-state index contributed by atoms with van der Waals surface area (Å²) in [5.41, 5.74) is 10.4. The van der Waals surface area contributed by atoms with E-state index in [9.17, 15) is 18.0 Å². The molecule has 9 nitrogen and oxygen atoms in total. The highest BCUT2D eigenvalue weighted by molar-refractivity contribution is 7.89. The van der Waals surface area contributed by atoms with E-state index in [1.54, 1.807) is 42.5 Å². The summed E-state index contributed by atoms with van der Waals surface area (Å²) in [4.78, 5) is 32.2. The van der Waals surface area contributed by atoms with Gasteiger partial charge in [-0.2, -0.15) is 0 Å². The predicted molar refractivity (Wildman–Crippen MR) is 143 cm³/mol. The lowest BCUT2D eigenvalue weighted by atomic mass is 9.95. The van der Waals surface area contributed by atoms with Crippen LogP contribution in [-0.2, 0) is 26.2 Å². The van der Waals surface area contributed by atoms with Crippen LogP contribution in [-0.4, -0.2) is 38.5 Å². The average Bonchev–Trinajstić information content (AvgIpc) is 3.48. The number of anilines is 2. The summed E-state index contributed by atoms with van der Waals surface area (Å²) < 4.78 is 24.0. The number of carbonyl (C=O) groups is 2. The number of rotatable bonds is 6. The van der Waals surface area contributed by atoms with Crippen LogP contribution < -0.4 is 21.1 Å². The van der Waals surface area contributed by atoms with Crippen LogP contribution in [0.25, 0.3) is 11.1 Å². The summed E-state index contributed by atoms with van der Waals surface area (Å²) in [6.45, 7) is 2.61. The molecular weight excluding hydrogens is 490 g/mol. The number of benzene rings is 3. The predicted octanol–water partition coefficient (Wildman–Crippen LogP) is 2.64. The molecule has 1 saturated heterocycles. The number of hydrogen-bond acceptors (Lipinski definition) is 7. The van der Waals surface area contributed by atoms with E-state index in [4.69, 9.17) is 10.9 Å². The monoisotopic (exact) mass is 517 g/mol. The van der Waals surface area contributed by atoms with Crippen molar-refractivity contribution >= 4 is 38.9 Å². The molecule has 2 unspecified atom stereocenters. The molecule has 0 bridgehead atoms. The molecule has 5 N–H and O–H groups in total. The molecule has 0 saturated carbocycles. The molecule has 190 valence electrons. The summed E-state index contributed by atoms with van der Waals surface area (Å²) >= 11 is 0. The first-order chi connectivity index (χ1) is 17.6. The van der Waals surface area contributed by atoms with Gasteiger partial charge in [0.15, 0.2) is 0 Å². The van der Waals surface area contributed by atoms with E-state index in [1.165, 1.54) is 13.0 Å². The van der Waals surface area contributed by atoms with Crippen molar-refractivity contribution in [2.24, 2.45) is 21.8 Å². The fraction of sp³-hybridized carbons (Fsp3) is 0.222. The third-order valence-electron chi connectivity index (χ3n) is 6.97. The van der Waals surface area contributed by atoms with Crippen molar-refractivity contribution in [2.45, 2.75) is 30.8 Å². The van der Waals surface area contributed by atoms with Gasteiger partial charge in [0.1, 0.15) is 17.7 Å². The molecule has 0 spiro atoms. The SMILES string of the molecule is CC(=O)C1CCN(c2ccc3c(c2)C(N)=NC3)C1C(=O)Nc1ccc(-c2ccccc2S(N)(=O)=O)cc1. The van der Waals surface area contributed by atoms with Gasteiger partial charge in [0.25, 0.3) is 0 Å². The van der Waals surface area contributed by atoms with Crippen LogP contribution in [0.2, 0.25) is 0 Å². The topological polar surface area (TPSA) is 148 Å². The van der Waals surface area contributed by atoms with Gasteiger partial charge < -0.3 is 16.0 Å². The second-order valence-electron chi connectivity index (χ2n) is 9.29. The van der Waals surface area contributed by atoms with Gasteiger partial charge in [-0.05, 0) is 54.8 Å². The highest BCUT2D eigenvalue weighted by atomic mass is 32.2. The Morgan fingerprint density at radius 2 is 1.76 bits per heavy atom. The number of amidine groups is 1. The van der Waals surface area contributed by atoms with E-state index in [0.29, 0.717) is 42.2 Å². The van der Waals surface area contributed by atoms with Crippen LogP contribution in [0.15, 0.2) is 76.6 Å². The maximum atomic E-state index is 13.5. The molecule has 3 aromatic carbocycles. The van der Waals surface area contributed by atoms with Gasteiger partial charge in [-0.1, -0.05) is 36.4 Å². The van der Waals surface area contributed by atoms with E-state index < -0.39 is 22.0 Å². The fourth-order valence-electron chi connectivity index (χ4n) is 5.11. The number of amides is 1. The van der Waals surface area contributed by atoms with Crippen LogP contribution in [0.5, 0.6) is 0 Å². The Hall–Kier alpha value is -4.02. The van der Waals surface area contributed by atoms with Gasteiger partial charge in [0.2, 0.25) is 15.9 Å². The van der Waals surface area contributed by atoms with E-state index in [1.807, 2.05) is 23.1 Å². The minimum Gasteiger partial charge on any atom is -0.383 e. The van der Waals surface area contributed by atoms with E-state index in [2.05, 4.69) is 10.3 Å². The zero-order valence-corrected chi connectivity index (χ0v) is 21.0. The first-order valence-electron chi connectivity index (χ1n) is 11.9. The highest BCUT2D eigenvalue weighted by Gasteiger charge is 2.42. The number of hydrogen-bond donors (Lipinski definition) is 3. The van der Waals surface area contributed by atoms with Crippen LogP contribution in [0.4, 0.5) is 11.4 Å². The molecule has 5 rings (SSSR count). The lowest BCUT2D eigenvalue weighted by molar-refractivity contribution is -0.125. The molecule has 3 aromatic rings. The summed E-state index contributed by atoms with van der Waals surface area (Å²) in [5, 5.41) is 8.29. The van der Waals surface area contributed by atoms with Crippen LogP contribution in [0, 0.1) is 5.92 Å². The molecule has 10 heteroatoms. The highest BCUT2D eigenvalue weighted by Crippen LogP contribution is 2.34. The molecule has 0 aromatic heterocycles. The number of carbonyl (C=O) groups excluding carboxylic acids is 2. The lowest BCUT2D eigenvalue weighted by Gasteiger charge is -2.28. The Labute approximate surface area is 215 Å². The smallest absolute Gasteiger partial charge is 0.247 e. The second-order valence-corrected chi connectivity index (χ2v) is 10.8. The molecular formula is C27H27N5O4S. The van der Waals surface area contributed by atoms with Gasteiger partial charge in [-0.15, -0.1) is 0 Å². The lowest BCUT2D eigenvalue weighted by Crippen LogP contribution is -2.45. The number of nitrogens with two attached hydrogens (primary N) is 2. The Morgan fingerprint density at radius 3 is 2.46 bits per heavy atom. The zero-order valence-electron chi connectivity index (χ0n) is 20.2. The molecule has 2 aliphatic rings. The maximum absolute atomic E-state index is 13.5. The van der Waals surface area contributed by atoms with Crippen LogP contribution in [0.3, 0.4) is 0 Å². The fourth-order valence-corrected chi connectivity index (χ4v) is 5.87. The molecule has 2 heterocycles. The third kappa shape index (κ3) is 4.73. The summed E-state index contributed by atoms with van der Waals surface area (Å²) in [6, 6.07) is 18.4. The minimum atomic E-state index is -3.90. The second kappa shape index (κ2) is 9.45. The van der Waals surface area contributed by atoms with Crippen LogP contribution >= 0.6 is 0 Å². The summed E-state index contributed by atoms with van der Waals surface area (Å²) in [5.74, 6) is -0.304. The van der Waals surface area contributed by atoms with Gasteiger partial charge >= 0.3 is 0 Å². The van der Waals surface area contributed by atoms with E-state index in [0.717, 1.165) is 16.8 Å². The Kier molecular flexibility index (Phi) is 6.30. The van der Waals surface area contributed by atoms with Crippen molar-refractivity contribution in [1.82, 2.24) is 0 Å². The standard InChI is InChI=1S/C27H27N5O4S/c1-16(33)21-12-13-32(20-11-8-18-15-30-26(28)23(18)14-20)25(21)27(34)31-19-9-6-17(7-10-19)22-4-2-3-5-24(22)37(29,35)36/h2-11,14,21,25H,12-13,15H2,1H3,(H2,28,30)(H,31,34)(H2,29,35,36). The number of fused-ring (bicyclic) bond motifs is 1. The third-order valence-corrected chi connectivity index (χ3v) is 7.94. The van der Waals surface area contributed by atoms with E-state index in [-0.39, 0.29) is 16.6 Å². The minimum absolute atomic E-state index is 0.0257. The Bertz CT molecular complexity index is 1530. The number of nitrogens with one attached hydrogen (secondary N) is 1. The normalized spacial score (nSPS) is 18.9.